The smallest absolute Gasteiger partial charge is 0.191 e. The van der Waals surface area contributed by atoms with Gasteiger partial charge in [0.05, 0.1) is 12.6 Å². The first kappa shape index (κ1) is 20.6. The van der Waals surface area contributed by atoms with E-state index in [2.05, 4.69) is 31.6 Å². The summed E-state index contributed by atoms with van der Waals surface area (Å²) in [7, 11) is 0. The third-order valence-corrected chi connectivity index (χ3v) is 4.29. The van der Waals surface area contributed by atoms with Gasteiger partial charge >= 0.3 is 0 Å². The van der Waals surface area contributed by atoms with Crippen molar-refractivity contribution in [3.63, 3.8) is 0 Å². The van der Waals surface area contributed by atoms with Gasteiger partial charge in [-0.2, -0.15) is 0 Å². The summed E-state index contributed by atoms with van der Waals surface area (Å²) in [6.07, 6.45) is 3.32. The number of rotatable bonds is 4. The molecule has 0 spiro atoms. The molecule has 4 nitrogen and oxygen atoms in total. The van der Waals surface area contributed by atoms with Crippen molar-refractivity contribution in [2.75, 3.05) is 6.54 Å². The summed E-state index contributed by atoms with van der Waals surface area (Å²) in [4.78, 5) is 4.47. The van der Waals surface area contributed by atoms with Crippen molar-refractivity contribution in [1.82, 2.24) is 10.6 Å². The quantitative estimate of drug-likeness (QED) is 0.337. The molecule has 2 rings (SSSR count). The first-order chi connectivity index (χ1) is 10.6. The van der Waals surface area contributed by atoms with E-state index in [1.54, 1.807) is 12.1 Å². The summed E-state index contributed by atoms with van der Waals surface area (Å²) in [6.45, 7) is 3.04. The fourth-order valence-corrected chi connectivity index (χ4v) is 2.97. The van der Waals surface area contributed by atoms with E-state index in [1.807, 2.05) is 6.92 Å². The molecule has 1 saturated carbocycles. The van der Waals surface area contributed by atoms with Gasteiger partial charge in [0.2, 0.25) is 0 Å². The number of aliphatic hydroxyl groups excluding tert-OH is 1. The van der Waals surface area contributed by atoms with Gasteiger partial charge in [-0.3, -0.25) is 0 Å². The average Bonchev–Trinajstić information content (AvgIpc) is 2.50. The number of nitrogens with one attached hydrogen (secondary N) is 2. The van der Waals surface area contributed by atoms with Gasteiger partial charge in [-0.15, -0.1) is 24.0 Å². The maximum absolute atomic E-state index is 13.7. The lowest BCUT2D eigenvalue weighted by atomic mass is 9.93. The molecule has 0 unspecified atom stereocenters. The van der Waals surface area contributed by atoms with Crippen molar-refractivity contribution in [2.45, 2.75) is 51.3 Å². The Morgan fingerprint density at radius 2 is 2.04 bits per heavy atom. The summed E-state index contributed by atoms with van der Waals surface area (Å²) < 4.78 is 14.6. The van der Waals surface area contributed by atoms with E-state index in [0.29, 0.717) is 17.6 Å². The standard InChI is InChI=1S/C16H23BrFN3O.HI/c1-2-19-16(21-13-4-6-14(22)7-5-13)20-10-11-9-12(17)3-8-15(11)18;/h3,8-9,13-14,22H,2,4-7,10H2,1H3,(H2,19,20,21);1H. The number of guanidine groups is 1. The minimum Gasteiger partial charge on any atom is -0.393 e. The number of hydrogen-bond acceptors (Lipinski definition) is 2. The van der Waals surface area contributed by atoms with Crippen molar-refractivity contribution in [1.29, 1.82) is 0 Å². The molecule has 0 saturated heterocycles. The molecule has 1 aliphatic rings. The molecule has 0 amide bonds. The minimum atomic E-state index is -0.247. The molecule has 1 aromatic carbocycles. The number of aliphatic imine (C=N–C) groups is 1. The summed E-state index contributed by atoms with van der Waals surface area (Å²) in [5.41, 5.74) is 0.561. The Bertz CT molecular complexity index is 522. The van der Waals surface area contributed by atoms with Crippen molar-refractivity contribution >= 4 is 45.9 Å². The molecule has 0 radical (unpaired) electrons. The summed E-state index contributed by atoms with van der Waals surface area (Å²) >= 11 is 3.35. The molecule has 7 heteroatoms. The second kappa shape index (κ2) is 10.5. The van der Waals surface area contributed by atoms with Crippen LogP contribution in [0.4, 0.5) is 4.39 Å². The summed E-state index contributed by atoms with van der Waals surface area (Å²) in [6, 6.07) is 5.19. The molecule has 0 aromatic heterocycles. The minimum absolute atomic E-state index is 0. The maximum Gasteiger partial charge on any atom is 0.191 e. The van der Waals surface area contributed by atoms with Crippen LogP contribution in [-0.4, -0.2) is 29.8 Å². The van der Waals surface area contributed by atoms with E-state index < -0.39 is 0 Å². The van der Waals surface area contributed by atoms with Gasteiger partial charge in [0.25, 0.3) is 0 Å². The lowest BCUT2D eigenvalue weighted by molar-refractivity contribution is 0.120. The van der Waals surface area contributed by atoms with Gasteiger partial charge in [-0.05, 0) is 50.8 Å². The van der Waals surface area contributed by atoms with Gasteiger partial charge < -0.3 is 15.7 Å². The van der Waals surface area contributed by atoms with Crippen LogP contribution in [0.1, 0.15) is 38.2 Å². The van der Waals surface area contributed by atoms with E-state index >= 15 is 0 Å². The van der Waals surface area contributed by atoms with E-state index in [4.69, 9.17) is 0 Å². The second-order valence-electron chi connectivity index (χ2n) is 5.58. The van der Waals surface area contributed by atoms with Crippen LogP contribution in [0.2, 0.25) is 0 Å². The predicted molar refractivity (Wildman–Crippen MR) is 106 cm³/mol. The molecular formula is C16H24BrFIN3O. The highest BCUT2D eigenvalue weighted by atomic mass is 127. The Morgan fingerprint density at radius 3 is 2.70 bits per heavy atom. The number of aliphatic hydroxyl groups is 1. The zero-order valence-electron chi connectivity index (χ0n) is 13.2. The Balaban J connectivity index is 0.00000264. The van der Waals surface area contributed by atoms with Crippen LogP contribution >= 0.6 is 39.9 Å². The number of benzene rings is 1. The largest absolute Gasteiger partial charge is 0.393 e. The fraction of sp³-hybridized carbons (Fsp3) is 0.562. The lowest BCUT2D eigenvalue weighted by Gasteiger charge is -2.27. The van der Waals surface area contributed by atoms with Crippen molar-refractivity contribution in [2.24, 2.45) is 4.99 Å². The first-order valence-electron chi connectivity index (χ1n) is 7.75. The molecule has 3 N–H and O–H groups in total. The number of nitrogens with zero attached hydrogens (tertiary/aromatic N) is 1. The monoisotopic (exact) mass is 499 g/mol. The van der Waals surface area contributed by atoms with Gasteiger partial charge in [0, 0.05) is 22.6 Å². The van der Waals surface area contributed by atoms with Crippen LogP contribution in [0, 0.1) is 5.82 Å². The van der Waals surface area contributed by atoms with E-state index in [9.17, 15) is 9.50 Å². The first-order valence-corrected chi connectivity index (χ1v) is 8.54. The topological polar surface area (TPSA) is 56.7 Å². The highest BCUT2D eigenvalue weighted by molar-refractivity contribution is 14.0. The third kappa shape index (κ3) is 6.93. The number of halogens is 3. The highest BCUT2D eigenvalue weighted by Gasteiger charge is 2.19. The van der Waals surface area contributed by atoms with E-state index in [0.717, 1.165) is 36.7 Å². The summed E-state index contributed by atoms with van der Waals surface area (Å²) in [5.74, 6) is 0.451. The zero-order chi connectivity index (χ0) is 15.9. The molecule has 130 valence electrons. The Kier molecular flexibility index (Phi) is 9.38. The Hall–Kier alpha value is -0.410. The maximum atomic E-state index is 13.7. The Morgan fingerprint density at radius 1 is 1.35 bits per heavy atom. The molecule has 1 aliphatic carbocycles. The summed E-state index contributed by atoms with van der Waals surface area (Å²) in [5, 5.41) is 16.1. The van der Waals surface area contributed by atoms with Gasteiger partial charge in [-0.25, -0.2) is 9.38 Å². The van der Waals surface area contributed by atoms with Gasteiger partial charge in [0.15, 0.2) is 5.96 Å². The van der Waals surface area contributed by atoms with Crippen LogP contribution in [0.3, 0.4) is 0 Å². The SMILES string of the molecule is CCNC(=NCc1cc(Br)ccc1F)NC1CCC(O)CC1.I. The van der Waals surface area contributed by atoms with Crippen LogP contribution in [0.25, 0.3) is 0 Å². The molecule has 0 aliphatic heterocycles. The average molecular weight is 500 g/mol. The fourth-order valence-electron chi connectivity index (χ4n) is 2.56. The highest BCUT2D eigenvalue weighted by Crippen LogP contribution is 2.19. The van der Waals surface area contributed by atoms with Gasteiger partial charge in [0.1, 0.15) is 5.82 Å². The van der Waals surface area contributed by atoms with Crippen LogP contribution < -0.4 is 10.6 Å². The van der Waals surface area contributed by atoms with E-state index in [1.165, 1.54) is 6.07 Å². The molecular weight excluding hydrogens is 476 g/mol. The van der Waals surface area contributed by atoms with Crippen molar-refractivity contribution in [3.05, 3.63) is 34.1 Å². The van der Waals surface area contributed by atoms with Crippen LogP contribution in [-0.2, 0) is 6.54 Å². The van der Waals surface area contributed by atoms with Gasteiger partial charge in [-0.1, -0.05) is 15.9 Å². The molecule has 1 fully saturated rings. The molecule has 0 bridgehead atoms. The van der Waals surface area contributed by atoms with E-state index in [-0.39, 0.29) is 42.4 Å². The molecule has 1 aromatic rings. The second-order valence-corrected chi connectivity index (χ2v) is 6.50. The van der Waals surface area contributed by atoms with Crippen molar-refractivity contribution < 1.29 is 9.50 Å². The molecule has 0 heterocycles. The predicted octanol–water partition coefficient (Wildman–Crippen LogP) is 3.56. The van der Waals surface area contributed by atoms with Crippen LogP contribution in [0.15, 0.2) is 27.7 Å². The number of hydrogen-bond donors (Lipinski definition) is 3. The third-order valence-electron chi connectivity index (χ3n) is 3.80. The molecule has 23 heavy (non-hydrogen) atoms. The van der Waals surface area contributed by atoms with Crippen LogP contribution in [0.5, 0.6) is 0 Å². The normalized spacial score (nSPS) is 21.5. The molecule has 0 atom stereocenters. The zero-order valence-corrected chi connectivity index (χ0v) is 17.1. The van der Waals surface area contributed by atoms with Crippen molar-refractivity contribution in [3.8, 4) is 0 Å². The lowest BCUT2D eigenvalue weighted by Crippen LogP contribution is -2.45. The Labute approximate surface area is 162 Å².